The molecule has 0 aliphatic heterocycles. The van der Waals surface area contributed by atoms with Crippen molar-refractivity contribution in [3.05, 3.63) is 44.3 Å². The molecule has 1 unspecified atom stereocenters. The Morgan fingerprint density at radius 1 is 1.07 bits per heavy atom. The molecule has 0 aliphatic rings. The van der Waals surface area contributed by atoms with Crippen molar-refractivity contribution in [1.29, 1.82) is 0 Å². The van der Waals surface area contributed by atoms with E-state index in [1.807, 2.05) is 32.5 Å². The zero-order valence-electron chi connectivity index (χ0n) is 16.0. The first-order chi connectivity index (χ1) is 12.9. The number of nitrogens with zero attached hydrogens (tertiary/aromatic N) is 1. The molecule has 0 aliphatic carbocycles. The van der Waals surface area contributed by atoms with Crippen LogP contribution in [0.4, 0.5) is 0 Å². The molecule has 27 heavy (non-hydrogen) atoms. The Labute approximate surface area is 168 Å². The topological polar surface area (TPSA) is 66.5 Å². The summed E-state index contributed by atoms with van der Waals surface area (Å²) in [6, 6.07) is 5.87. The zero-order valence-corrected chi connectivity index (χ0v) is 17.6. The number of likely N-dealkylation sites (N-methyl/N-ethyl adjacent to an activating group) is 1. The largest absolute Gasteiger partial charge is 0.354 e. The lowest BCUT2D eigenvalue weighted by molar-refractivity contribution is -0.125. The maximum absolute atomic E-state index is 12.1. The van der Waals surface area contributed by atoms with Crippen molar-refractivity contribution in [3.8, 4) is 0 Å². The summed E-state index contributed by atoms with van der Waals surface area (Å²) in [7, 11) is 3.95. The SMILES string of the molecule is Cc1ccc(C(=O)CCC(=O)CCC(=O)NCC(c2ccsc2)N(C)C)s1. The van der Waals surface area contributed by atoms with Gasteiger partial charge in [-0.3, -0.25) is 14.4 Å². The second-order valence-corrected chi connectivity index (χ2v) is 8.78. The summed E-state index contributed by atoms with van der Waals surface area (Å²) in [5.41, 5.74) is 1.17. The van der Waals surface area contributed by atoms with E-state index in [0.717, 1.165) is 4.88 Å². The van der Waals surface area contributed by atoms with Crippen LogP contribution in [0.3, 0.4) is 0 Å². The lowest BCUT2D eigenvalue weighted by Crippen LogP contribution is -2.34. The minimum Gasteiger partial charge on any atom is -0.354 e. The minimum atomic E-state index is -0.134. The molecule has 1 N–H and O–H groups in total. The quantitative estimate of drug-likeness (QED) is 0.576. The van der Waals surface area contributed by atoms with Gasteiger partial charge < -0.3 is 10.2 Å². The average Bonchev–Trinajstić information content (AvgIpc) is 3.29. The van der Waals surface area contributed by atoms with Crippen LogP contribution in [0.5, 0.6) is 0 Å². The van der Waals surface area contributed by atoms with Gasteiger partial charge in [-0.2, -0.15) is 11.3 Å². The molecule has 2 aromatic heterocycles. The smallest absolute Gasteiger partial charge is 0.220 e. The van der Waals surface area contributed by atoms with Crippen LogP contribution in [0.15, 0.2) is 29.0 Å². The number of thiophene rings is 2. The summed E-state index contributed by atoms with van der Waals surface area (Å²) in [5, 5.41) is 7.00. The molecule has 0 fully saturated rings. The Bertz CT molecular complexity index is 766. The number of Topliss-reactive ketones (excluding diaryl/α,β-unsaturated/α-hetero) is 2. The maximum Gasteiger partial charge on any atom is 0.220 e. The third-order valence-electron chi connectivity index (χ3n) is 4.32. The van der Waals surface area contributed by atoms with Crippen molar-refractivity contribution < 1.29 is 14.4 Å². The molecule has 2 rings (SSSR count). The van der Waals surface area contributed by atoms with E-state index >= 15 is 0 Å². The standard InChI is InChI=1S/C20H26N2O3S2/c1-14-4-8-19(27-14)18(24)7-5-16(23)6-9-20(25)21-12-17(22(2)3)15-10-11-26-13-15/h4,8,10-11,13,17H,5-7,9,12H2,1-3H3,(H,21,25). The Balaban J connectivity index is 1.68. The van der Waals surface area contributed by atoms with Crippen molar-refractivity contribution in [2.45, 2.75) is 38.6 Å². The van der Waals surface area contributed by atoms with Gasteiger partial charge in [0.15, 0.2) is 5.78 Å². The van der Waals surface area contributed by atoms with E-state index in [4.69, 9.17) is 0 Å². The van der Waals surface area contributed by atoms with Gasteiger partial charge in [-0.1, -0.05) is 0 Å². The fraction of sp³-hybridized carbons (Fsp3) is 0.450. The maximum atomic E-state index is 12.1. The van der Waals surface area contributed by atoms with Crippen molar-refractivity contribution >= 4 is 40.1 Å². The molecule has 5 nitrogen and oxygen atoms in total. The molecular formula is C20H26N2O3S2. The van der Waals surface area contributed by atoms with Gasteiger partial charge in [-0.15, -0.1) is 11.3 Å². The number of hydrogen-bond acceptors (Lipinski definition) is 6. The molecule has 0 saturated heterocycles. The first-order valence-electron chi connectivity index (χ1n) is 8.93. The summed E-state index contributed by atoms with van der Waals surface area (Å²) in [6.07, 6.45) is 0.738. The van der Waals surface area contributed by atoms with Crippen molar-refractivity contribution in [2.24, 2.45) is 0 Å². The molecule has 0 spiro atoms. The summed E-state index contributed by atoms with van der Waals surface area (Å²) < 4.78 is 0. The van der Waals surface area contributed by atoms with Crippen molar-refractivity contribution in [2.75, 3.05) is 20.6 Å². The van der Waals surface area contributed by atoms with Gasteiger partial charge in [0.2, 0.25) is 5.91 Å². The number of ketones is 2. The zero-order chi connectivity index (χ0) is 19.8. The van der Waals surface area contributed by atoms with Gasteiger partial charge in [0, 0.05) is 37.1 Å². The normalized spacial score (nSPS) is 12.1. The molecule has 0 saturated carbocycles. The molecule has 146 valence electrons. The molecule has 1 atom stereocenters. The highest BCUT2D eigenvalue weighted by Crippen LogP contribution is 2.20. The Morgan fingerprint density at radius 2 is 1.81 bits per heavy atom. The van der Waals surface area contributed by atoms with E-state index < -0.39 is 0 Å². The fourth-order valence-electron chi connectivity index (χ4n) is 2.70. The number of carbonyl (C=O) groups is 3. The summed E-state index contributed by atoms with van der Waals surface area (Å²) in [4.78, 5) is 39.9. The number of rotatable bonds is 11. The predicted molar refractivity (Wildman–Crippen MR) is 111 cm³/mol. The van der Waals surface area contributed by atoms with Crippen LogP contribution < -0.4 is 5.32 Å². The molecule has 0 bridgehead atoms. The Hall–Kier alpha value is -1.83. The second kappa shape index (κ2) is 10.5. The molecule has 0 radical (unpaired) electrons. The molecule has 2 heterocycles. The molecule has 2 aromatic rings. The summed E-state index contributed by atoms with van der Waals surface area (Å²) in [5.74, 6) is -0.185. The lowest BCUT2D eigenvalue weighted by atomic mass is 10.1. The lowest BCUT2D eigenvalue weighted by Gasteiger charge is -2.24. The van der Waals surface area contributed by atoms with Crippen LogP contribution in [0.25, 0.3) is 0 Å². The average molecular weight is 407 g/mol. The molecule has 1 amide bonds. The number of nitrogens with one attached hydrogen (secondary N) is 1. The van der Waals surface area contributed by atoms with E-state index in [1.54, 1.807) is 17.4 Å². The van der Waals surface area contributed by atoms with E-state index in [-0.39, 0.29) is 49.2 Å². The van der Waals surface area contributed by atoms with Gasteiger partial charge in [0.1, 0.15) is 5.78 Å². The number of aryl methyl sites for hydroxylation is 1. The fourth-order valence-corrected chi connectivity index (χ4v) is 4.24. The van der Waals surface area contributed by atoms with Crippen LogP contribution in [0.2, 0.25) is 0 Å². The van der Waals surface area contributed by atoms with Crippen LogP contribution >= 0.6 is 22.7 Å². The highest BCUT2D eigenvalue weighted by Gasteiger charge is 2.16. The van der Waals surface area contributed by atoms with E-state index in [0.29, 0.717) is 11.4 Å². The van der Waals surface area contributed by atoms with Crippen LogP contribution in [-0.4, -0.2) is 43.0 Å². The summed E-state index contributed by atoms with van der Waals surface area (Å²) >= 11 is 3.08. The first-order valence-corrected chi connectivity index (χ1v) is 10.7. The number of hydrogen-bond donors (Lipinski definition) is 1. The molecule has 0 aromatic carbocycles. The van der Waals surface area contributed by atoms with Crippen molar-refractivity contribution in [1.82, 2.24) is 10.2 Å². The van der Waals surface area contributed by atoms with Gasteiger partial charge in [0.05, 0.1) is 10.9 Å². The third-order valence-corrected chi connectivity index (χ3v) is 6.06. The highest BCUT2D eigenvalue weighted by molar-refractivity contribution is 7.14. The molecular weight excluding hydrogens is 380 g/mol. The van der Waals surface area contributed by atoms with E-state index in [2.05, 4.69) is 21.7 Å². The van der Waals surface area contributed by atoms with E-state index in [1.165, 1.54) is 16.9 Å². The van der Waals surface area contributed by atoms with Gasteiger partial charge in [0.25, 0.3) is 0 Å². The number of carbonyl (C=O) groups excluding carboxylic acids is 3. The van der Waals surface area contributed by atoms with Gasteiger partial charge >= 0.3 is 0 Å². The Morgan fingerprint density at radius 3 is 2.41 bits per heavy atom. The first kappa shape index (κ1) is 21.5. The van der Waals surface area contributed by atoms with E-state index in [9.17, 15) is 14.4 Å². The van der Waals surface area contributed by atoms with Crippen LogP contribution in [0.1, 0.15) is 51.8 Å². The molecule has 7 heteroatoms. The number of amides is 1. The third kappa shape index (κ3) is 7.01. The Kier molecular flexibility index (Phi) is 8.34. The van der Waals surface area contributed by atoms with Crippen molar-refractivity contribution in [3.63, 3.8) is 0 Å². The monoisotopic (exact) mass is 406 g/mol. The minimum absolute atomic E-state index is 0.00418. The highest BCUT2D eigenvalue weighted by atomic mass is 32.1. The summed E-state index contributed by atoms with van der Waals surface area (Å²) in [6.45, 7) is 2.46. The van der Waals surface area contributed by atoms with Gasteiger partial charge in [-0.05, 0) is 55.5 Å². The van der Waals surface area contributed by atoms with Crippen LogP contribution in [-0.2, 0) is 9.59 Å². The van der Waals surface area contributed by atoms with Crippen LogP contribution in [0, 0.1) is 6.92 Å². The predicted octanol–water partition coefficient (Wildman–Crippen LogP) is 3.85. The van der Waals surface area contributed by atoms with Gasteiger partial charge in [-0.25, -0.2) is 0 Å². The second-order valence-electron chi connectivity index (χ2n) is 6.71.